The van der Waals surface area contributed by atoms with Crippen molar-refractivity contribution >= 4 is 17.4 Å². The molecule has 2 aromatic carbocycles. The minimum Gasteiger partial charge on any atom is -0.507 e. The van der Waals surface area contributed by atoms with Crippen LogP contribution in [-0.2, 0) is 9.59 Å². The number of ketones is 1. The third-order valence-electron chi connectivity index (χ3n) is 7.07. The molecule has 0 radical (unpaired) electrons. The summed E-state index contributed by atoms with van der Waals surface area (Å²) >= 11 is 0. The molecule has 0 bridgehead atoms. The molecule has 0 aromatic heterocycles. The summed E-state index contributed by atoms with van der Waals surface area (Å²) in [5, 5.41) is 11.4. The molecular formula is C32H44N2O6. The highest BCUT2D eigenvalue weighted by atomic mass is 16.5. The first-order valence-electron chi connectivity index (χ1n) is 14.4. The van der Waals surface area contributed by atoms with E-state index in [0.717, 1.165) is 19.5 Å². The number of nitrogens with zero attached hydrogens (tertiary/aromatic N) is 2. The van der Waals surface area contributed by atoms with Gasteiger partial charge in [-0.15, -0.1) is 0 Å². The number of ether oxygens (including phenoxy) is 3. The molecule has 1 unspecified atom stereocenters. The molecule has 1 saturated heterocycles. The van der Waals surface area contributed by atoms with Gasteiger partial charge in [0.25, 0.3) is 11.7 Å². The van der Waals surface area contributed by atoms with Crippen molar-refractivity contribution in [3.05, 3.63) is 59.2 Å². The molecule has 8 heteroatoms. The summed E-state index contributed by atoms with van der Waals surface area (Å²) in [6.45, 7) is 16.3. The van der Waals surface area contributed by atoms with Gasteiger partial charge in [-0.05, 0) is 81.2 Å². The molecule has 0 aliphatic carbocycles. The molecule has 1 fully saturated rings. The molecule has 1 atom stereocenters. The minimum absolute atomic E-state index is 0.0598. The van der Waals surface area contributed by atoms with E-state index < -0.39 is 17.7 Å². The minimum atomic E-state index is -0.772. The van der Waals surface area contributed by atoms with Gasteiger partial charge in [-0.25, -0.2) is 0 Å². The van der Waals surface area contributed by atoms with Gasteiger partial charge in [-0.1, -0.05) is 33.8 Å². The Hall–Kier alpha value is -3.52. The van der Waals surface area contributed by atoms with Gasteiger partial charge in [0, 0.05) is 18.7 Å². The predicted octanol–water partition coefficient (Wildman–Crippen LogP) is 5.67. The Morgan fingerprint density at radius 1 is 0.925 bits per heavy atom. The number of hydrogen-bond donors (Lipinski definition) is 1. The fraction of sp³-hybridized carbons (Fsp3) is 0.500. The molecule has 0 saturated carbocycles. The van der Waals surface area contributed by atoms with E-state index in [1.54, 1.807) is 29.2 Å². The van der Waals surface area contributed by atoms with E-state index >= 15 is 0 Å². The van der Waals surface area contributed by atoms with Gasteiger partial charge in [0.2, 0.25) is 0 Å². The standard InChI is InChI=1S/C32H44N2O6/c1-7-33(8-2)18-19-34-29(24-13-16-26(27(21-24)39-10-4)40-20-17-22(5)6)28(31(36)32(34)37)30(35)23-11-14-25(15-12-23)38-9-3/h11-16,21-22,29,35H,7-10,17-20H2,1-6H3. The number of carbonyl (C=O) groups excluding carboxylic acids is 2. The van der Waals surface area contributed by atoms with Crippen LogP contribution in [0.3, 0.4) is 0 Å². The van der Waals surface area contributed by atoms with Crippen molar-refractivity contribution in [2.45, 2.75) is 54.0 Å². The molecule has 40 heavy (non-hydrogen) atoms. The van der Waals surface area contributed by atoms with Crippen molar-refractivity contribution in [2.75, 3.05) is 46.0 Å². The van der Waals surface area contributed by atoms with Crippen LogP contribution in [0.15, 0.2) is 48.0 Å². The second kappa shape index (κ2) is 14.7. The molecule has 1 amide bonds. The normalized spacial score (nSPS) is 16.7. The highest BCUT2D eigenvalue weighted by Crippen LogP contribution is 2.42. The summed E-state index contributed by atoms with van der Waals surface area (Å²) in [7, 11) is 0. The van der Waals surface area contributed by atoms with Gasteiger partial charge in [-0.3, -0.25) is 9.59 Å². The SMILES string of the molecule is CCOc1ccc(C(O)=C2C(=O)C(=O)N(CCN(CC)CC)C2c2ccc(OCCC(C)C)c(OCC)c2)cc1. The molecule has 1 aliphatic heterocycles. The summed E-state index contributed by atoms with van der Waals surface area (Å²) < 4.78 is 17.5. The zero-order valence-corrected chi connectivity index (χ0v) is 24.7. The molecule has 1 heterocycles. The maximum atomic E-state index is 13.4. The third-order valence-corrected chi connectivity index (χ3v) is 7.07. The highest BCUT2D eigenvalue weighted by molar-refractivity contribution is 6.46. The van der Waals surface area contributed by atoms with E-state index in [1.807, 2.05) is 32.0 Å². The zero-order chi connectivity index (χ0) is 29.2. The lowest BCUT2D eigenvalue weighted by Gasteiger charge is -2.28. The number of rotatable bonds is 15. The van der Waals surface area contributed by atoms with E-state index in [0.29, 0.717) is 67.2 Å². The first-order chi connectivity index (χ1) is 19.2. The predicted molar refractivity (Wildman–Crippen MR) is 157 cm³/mol. The molecule has 218 valence electrons. The number of carbonyl (C=O) groups is 2. The summed E-state index contributed by atoms with van der Waals surface area (Å²) in [5.41, 5.74) is 1.17. The van der Waals surface area contributed by atoms with Crippen LogP contribution in [0.2, 0.25) is 0 Å². The topological polar surface area (TPSA) is 88.5 Å². The molecule has 1 N–H and O–H groups in total. The molecular weight excluding hydrogens is 508 g/mol. The van der Waals surface area contributed by atoms with E-state index in [-0.39, 0.29) is 11.3 Å². The number of aliphatic hydroxyl groups excluding tert-OH is 1. The van der Waals surface area contributed by atoms with Crippen LogP contribution in [0.5, 0.6) is 17.2 Å². The Kier molecular flexibility index (Phi) is 11.4. The summed E-state index contributed by atoms with van der Waals surface area (Å²) in [6.07, 6.45) is 0.904. The average molecular weight is 553 g/mol. The van der Waals surface area contributed by atoms with Crippen molar-refractivity contribution < 1.29 is 28.9 Å². The van der Waals surface area contributed by atoms with Crippen molar-refractivity contribution in [2.24, 2.45) is 5.92 Å². The van der Waals surface area contributed by atoms with E-state index in [2.05, 4.69) is 32.6 Å². The third kappa shape index (κ3) is 7.36. The van der Waals surface area contributed by atoms with Crippen LogP contribution in [0.1, 0.15) is 65.1 Å². The Balaban J connectivity index is 2.09. The van der Waals surface area contributed by atoms with Gasteiger partial charge >= 0.3 is 0 Å². The molecule has 1 aliphatic rings. The van der Waals surface area contributed by atoms with E-state index in [1.165, 1.54) is 0 Å². The van der Waals surface area contributed by atoms with Crippen molar-refractivity contribution in [1.29, 1.82) is 0 Å². The Bertz CT molecular complexity index is 1170. The molecule has 3 rings (SSSR count). The molecule has 8 nitrogen and oxygen atoms in total. The molecule has 0 spiro atoms. The lowest BCUT2D eigenvalue weighted by molar-refractivity contribution is -0.140. The van der Waals surface area contributed by atoms with Crippen molar-refractivity contribution in [1.82, 2.24) is 9.80 Å². The first kappa shape index (κ1) is 31.0. The number of Topliss-reactive ketones (excluding diaryl/α,β-unsaturated/α-hetero) is 1. The largest absolute Gasteiger partial charge is 0.507 e. The van der Waals surface area contributed by atoms with Crippen LogP contribution in [0.25, 0.3) is 5.76 Å². The Morgan fingerprint density at radius 3 is 2.20 bits per heavy atom. The van der Waals surface area contributed by atoms with Gasteiger partial charge in [0.05, 0.1) is 31.4 Å². The summed E-state index contributed by atoms with van der Waals surface area (Å²) in [6, 6.07) is 11.6. The van der Waals surface area contributed by atoms with Crippen LogP contribution < -0.4 is 14.2 Å². The Morgan fingerprint density at radius 2 is 1.60 bits per heavy atom. The lowest BCUT2D eigenvalue weighted by Crippen LogP contribution is -2.38. The van der Waals surface area contributed by atoms with Gasteiger partial charge in [0.15, 0.2) is 11.5 Å². The second-order valence-corrected chi connectivity index (χ2v) is 10.1. The number of amides is 1. The van der Waals surface area contributed by atoms with Crippen LogP contribution >= 0.6 is 0 Å². The quantitative estimate of drug-likeness (QED) is 0.173. The van der Waals surface area contributed by atoms with Crippen LogP contribution in [0, 0.1) is 5.92 Å². The Labute approximate surface area is 238 Å². The highest BCUT2D eigenvalue weighted by Gasteiger charge is 2.46. The monoisotopic (exact) mass is 552 g/mol. The fourth-order valence-electron chi connectivity index (χ4n) is 4.76. The first-order valence-corrected chi connectivity index (χ1v) is 14.4. The smallest absolute Gasteiger partial charge is 0.295 e. The van der Waals surface area contributed by atoms with Crippen LogP contribution in [0.4, 0.5) is 0 Å². The zero-order valence-electron chi connectivity index (χ0n) is 24.7. The van der Waals surface area contributed by atoms with Crippen molar-refractivity contribution in [3.8, 4) is 17.2 Å². The number of benzene rings is 2. The number of likely N-dealkylation sites (N-methyl/N-ethyl adjacent to an activating group) is 1. The number of likely N-dealkylation sites (tertiary alicyclic amines) is 1. The lowest BCUT2D eigenvalue weighted by atomic mass is 9.95. The van der Waals surface area contributed by atoms with E-state index in [9.17, 15) is 14.7 Å². The summed E-state index contributed by atoms with van der Waals surface area (Å²) in [5.74, 6) is 0.766. The number of hydrogen-bond acceptors (Lipinski definition) is 7. The van der Waals surface area contributed by atoms with Gasteiger partial charge < -0.3 is 29.1 Å². The number of aliphatic hydroxyl groups is 1. The average Bonchev–Trinajstić information content (AvgIpc) is 3.19. The van der Waals surface area contributed by atoms with E-state index in [4.69, 9.17) is 14.2 Å². The van der Waals surface area contributed by atoms with Gasteiger partial charge in [0.1, 0.15) is 11.5 Å². The van der Waals surface area contributed by atoms with Gasteiger partial charge in [-0.2, -0.15) is 0 Å². The summed E-state index contributed by atoms with van der Waals surface area (Å²) in [4.78, 5) is 30.6. The second-order valence-electron chi connectivity index (χ2n) is 10.1. The fourth-order valence-corrected chi connectivity index (χ4v) is 4.76. The molecule has 2 aromatic rings. The maximum absolute atomic E-state index is 13.4. The van der Waals surface area contributed by atoms with Crippen LogP contribution in [-0.4, -0.2) is 72.6 Å². The van der Waals surface area contributed by atoms with Crippen molar-refractivity contribution in [3.63, 3.8) is 0 Å². The maximum Gasteiger partial charge on any atom is 0.295 e.